The van der Waals surface area contributed by atoms with Gasteiger partial charge in [-0.15, -0.1) is 0 Å². The highest BCUT2D eigenvalue weighted by Crippen LogP contribution is 2.26. The van der Waals surface area contributed by atoms with Gasteiger partial charge in [0, 0.05) is 22.8 Å². The molecule has 0 N–H and O–H groups in total. The van der Waals surface area contributed by atoms with Gasteiger partial charge in [0.1, 0.15) is 29.0 Å². The van der Waals surface area contributed by atoms with Crippen LogP contribution in [-0.4, -0.2) is 26.0 Å². The molecule has 0 aliphatic heterocycles. The number of hydrogen-bond acceptors (Lipinski definition) is 6. The molecule has 3 rings (SSSR count). The Labute approximate surface area is 161 Å². The Kier molecular flexibility index (Phi) is 5.60. The van der Waals surface area contributed by atoms with Gasteiger partial charge in [0.15, 0.2) is 5.78 Å². The van der Waals surface area contributed by atoms with E-state index < -0.39 is 5.97 Å². The molecule has 0 spiro atoms. The molecular weight excluding hydrogens is 360 g/mol. The third-order valence-electron chi connectivity index (χ3n) is 4.12. The third kappa shape index (κ3) is 4.12. The molecule has 0 aliphatic rings. The average Bonchev–Trinajstić information content (AvgIpc) is 3.22. The van der Waals surface area contributed by atoms with Gasteiger partial charge < -0.3 is 23.8 Å². The van der Waals surface area contributed by atoms with Crippen molar-refractivity contribution in [1.29, 1.82) is 0 Å². The zero-order chi connectivity index (χ0) is 20.1. The predicted molar refractivity (Wildman–Crippen MR) is 101 cm³/mol. The van der Waals surface area contributed by atoms with E-state index in [9.17, 15) is 14.7 Å². The maximum absolute atomic E-state index is 12.4. The Bertz CT molecular complexity index is 1030. The van der Waals surface area contributed by atoms with Crippen molar-refractivity contribution in [1.82, 2.24) is 0 Å². The average molecular weight is 377 g/mol. The summed E-state index contributed by atoms with van der Waals surface area (Å²) in [4.78, 5) is 23.2. The number of carboxylic acids is 1. The van der Waals surface area contributed by atoms with Gasteiger partial charge in [0.25, 0.3) is 0 Å². The molecule has 6 nitrogen and oxygen atoms in total. The van der Waals surface area contributed by atoms with Crippen molar-refractivity contribution in [3.05, 3.63) is 77.6 Å². The molecule has 3 aromatic rings. The first-order valence-electron chi connectivity index (χ1n) is 8.38. The molecule has 1 heterocycles. The fraction of sp³-hybridized carbons (Fsp3) is 0.0909. The second kappa shape index (κ2) is 8.26. The van der Waals surface area contributed by atoms with E-state index in [0.29, 0.717) is 28.4 Å². The van der Waals surface area contributed by atoms with Crippen molar-refractivity contribution < 1.29 is 28.6 Å². The van der Waals surface area contributed by atoms with Crippen LogP contribution >= 0.6 is 0 Å². The van der Waals surface area contributed by atoms with Gasteiger partial charge >= 0.3 is 0 Å². The molecule has 1 aromatic heterocycles. The zero-order valence-electron chi connectivity index (χ0n) is 15.3. The lowest BCUT2D eigenvalue weighted by Gasteiger charge is -2.07. The summed E-state index contributed by atoms with van der Waals surface area (Å²) < 4.78 is 15.7. The summed E-state index contributed by atoms with van der Waals surface area (Å²) in [5, 5.41) is 10.8. The molecule has 0 fully saturated rings. The van der Waals surface area contributed by atoms with E-state index in [0.717, 1.165) is 5.56 Å². The molecule has 0 saturated carbocycles. The molecule has 0 aliphatic carbocycles. The van der Waals surface area contributed by atoms with E-state index in [4.69, 9.17) is 13.9 Å². The van der Waals surface area contributed by atoms with Gasteiger partial charge in [-0.25, -0.2) is 0 Å². The number of aromatic carboxylic acids is 1. The fourth-order valence-corrected chi connectivity index (χ4v) is 2.62. The number of furan rings is 1. The van der Waals surface area contributed by atoms with Gasteiger partial charge in [-0.05, 0) is 36.4 Å². The largest absolute Gasteiger partial charge is 0.542 e. The normalized spacial score (nSPS) is 10.8. The summed E-state index contributed by atoms with van der Waals surface area (Å²) in [5.74, 6) is -0.157. The lowest BCUT2D eigenvalue weighted by molar-refractivity contribution is -0.257. The van der Waals surface area contributed by atoms with Crippen LogP contribution in [0.3, 0.4) is 0 Å². The number of benzene rings is 2. The second-order valence-electron chi connectivity index (χ2n) is 5.83. The van der Waals surface area contributed by atoms with Crippen molar-refractivity contribution in [3.63, 3.8) is 0 Å². The molecule has 28 heavy (non-hydrogen) atoms. The van der Waals surface area contributed by atoms with Crippen LogP contribution in [0.2, 0.25) is 0 Å². The number of carbonyl (C=O) groups is 2. The van der Waals surface area contributed by atoms with Crippen molar-refractivity contribution in [2.75, 3.05) is 14.2 Å². The number of methoxy groups -OCH3 is 2. The topological polar surface area (TPSA) is 88.8 Å². The van der Waals surface area contributed by atoms with E-state index in [1.54, 1.807) is 62.8 Å². The van der Waals surface area contributed by atoms with Crippen molar-refractivity contribution in [2.45, 2.75) is 0 Å². The van der Waals surface area contributed by atoms with Crippen LogP contribution in [-0.2, 0) is 0 Å². The Morgan fingerprint density at radius 1 is 0.964 bits per heavy atom. The number of carboxylic acid groups (broad SMARTS) is 1. The molecule has 0 bridgehead atoms. The van der Waals surface area contributed by atoms with Gasteiger partial charge in [0.2, 0.25) is 0 Å². The lowest BCUT2D eigenvalue weighted by atomic mass is 10.1. The molecule has 0 unspecified atom stereocenters. The van der Waals surface area contributed by atoms with E-state index in [1.165, 1.54) is 18.2 Å². The summed E-state index contributed by atoms with van der Waals surface area (Å²) in [6.07, 6.45) is 3.13. The number of hydrogen-bond donors (Lipinski definition) is 0. The summed E-state index contributed by atoms with van der Waals surface area (Å²) >= 11 is 0. The van der Waals surface area contributed by atoms with Crippen molar-refractivity contribution in [3.8, 4) is 22.8 Å². The van der Waals surface area contributed by atoms with Crippen molar-refractivity contribution in [2.24, 2.45) is 0 Å². The van der Waals surface area contributed by atoms with E-state index >= 15 is 0 Å². The summed E-state index contributed by atoms with van der Waals surface area (Å²) in [5.41, 5.74) is 1.89. The first-order valence-corrected chi connectivity index (χ1v) is 8.38. The monoisotopic (exact) mass is 377 g/mol. The number of allylic oxidation sites excluding steroid dienone is 1. The molecule has 142 valence electrons. The zero-order valence-corrected chi connectivity index (χ0v) is 15.3. The highest BCUT2D eigenvalue weighted by molar-refractivity contribution is 6.07. The van der Waals surface area contributed by atoms with Gasteiger partial charge in [-0.3, -0.25) is 4.79 Å². The quantitative estimate of drug-likeness (QED) is 0.464. The number of ketones is 1. The lowest BCUT2D eigenvalue weighted by Crippen LogP contribution is -2.21. The van der Waals surface area contributed by atoms with Crippen LogP contribution in [0.5, 0.6) is 11.5 Å². The standard InChI is InChI=1S/C22H18O6/c1-26-17-9-7-16(21(13-17)27-2)8-10-18(23)14-3-5-15(6-4-14)19-11-12-20(28-19)22(24)25/h3-13H,1-2H3,(H,24,25)/p-1/b10-8+. The number of rotatable bonds is 7. The van der Waals surface area contributed by atoms with E-state index in [1.807, 2.05) is 0 Å². The Morgan fingerprint density at radius 2 is 1.71 bits per heavy atom. The van der Waals surface area contributed by atoms with E-state index in [2.05, 4.69) is 0 Å². The molecule has 0 amide bonds. The second-order valence-corrected chi connectivity index (χ2v) is 5.83. The van der Waals surface area contributed by atoms with Gasteiger partial charge in [-0.1, -0.05) is 24.3 Å². The summed E-state index contributed by atoms with van der Waals surface area (Å²) in [7, 11) is 3.12. The van der Waals surface area contributed by atoms with Crippen molar-refractivity contribution >= 4 is 17.8 Å². The minimum absolute atomic E-state index is 0.181. The molecule has 6 heteroatoms. The fourth-order valence-electron chi connectivity index (χ4n) is 2.62. The molecule has 0 radical (unpaired) electrons. The first kappa shape index (κ1) is 19.0. The summed E-state index contributed by atoms with van der Waals surface area (Å²) in [6, 6.07) is 14.9. The number of ether oxygens (including phenoxy) is 2. The minimum atomic E-state index is -1.38. The predicted octanol–water partition coefficient (Wildman–Crippen LogP) is 3.22. The molecule has 2 aromatic carbocycles. The third-order valence-corrected chi connectivity index (χ3v) is 4.12. The maximum Gasteiger partial charge on any atom is 0.185 e. The summed E-state index contributed by atoms with van der Waals surface area (Å²) in [6.45, 7) is 0. The highest BCUT2D eigenvalue weighted by Gasteiger charge is 2.08. The molecular formula is C22H17O6-. The van der Waals surface area contributed by atoms with Gasteiger partial charge in [0.05, 0.1) is 14.2 Å². The highest BCUT2D eigenvalue weighted by atomic mass is 16.5. The maximum atomic E-state index is 12.4. The smallest absolute Gasteiger partial charge is 0.185 e. The SMILES string of the molecule is COc1ccc(/C=C/C(=O)c2ccc(-c3ccc(C(=O)[O-])o3)cc2)c(OC)c1. The van der Waals surface area contributed by atoms with Crippen LogP contribution in [0.4, 0.5) is 0 Å². The minimum Gasteiger partial charge on any atom is -0.542 e. The van der Waals surface area contributed by atoms with Crippen LogP contribution in [0.15, 0.2) is 65.1 Å². The molecule has 0 atom stereocenters. The number of carbonyl (C=O) groups excluding carboxylic acids is 2. The Hall–Kier alpha value is -3.80. The van der Waals surface area contributed by atoms with Crippen LogP contribution in [0, 0.1) is 0 Å². The first-order chi connectivity index (χ1) is 13.5. The van der Waals surface area contributed by atoms with Crippen LogP contribution in [0.25, 0.3) is 17.4 Å². The Balaban J connectivity index is 1.76. The van der Waals surface area contributed by atoms with E-state index in [-0.39, 0.29) is 11.5 Å². The van der Waals surface area contributed by atoms with Crippen LogP contribution < -0.4 is 14.6 Å². The van der Waals surface area contributed by atoms with Crippen LogP contribution in [0.1, 0.15) is 26.5 Å². The Morgan fingerprint density at radius 3 is 2.32 bits per heavy atom. The molecule has 0 saturated heterocycles. The van der Waals surface area contributed by atoms with Gasteiger partial charge in [-0.2, -0.15) is 0 Å².